The molecule has 76 valence electrons. The molecule has 0 amide bonds. The monoisotopic (exact) mass is 186 g/mol. The fourth-order valence-electron chi connectivity index (χ4n) is 1.30. The van der Waals surface area contributed by atoms with Crippen molar-refractivity contribution < 1.29 is 14.0 Å². The molecule has 1 saturated heterocycles. The molecular formula is C9H19BO3. The lowest BCUT2D eigenvalue weighted by Crippen LogP contribution is -2.41. The Morgan fingerprint density at radius 1 is 1.08 bits per heavy atom. The predicted octanol–water partition coefficient (Wildman–Crippen LogP) is 1.72. The van der Waals surface area contributed by atoms with E-state index in [1.165, 1.54) is 0 Å². The number of hydrogen-bond donors (Lipinski definition) is 0. The molecule has 1 rings (SSSR count). The lowest BCUT2D eigenvalue weighted by Gasteiger charge is -2.32. The Bertz CT molecular complexity index is 164. The Morgan fingerprint density at radius 2 is 1.54 bits per heavy atom. The van der Waals surface area contributed by atoms with E-state index in [2.05, 4.69) is 27.7 Å². The Hall–Kier alpha value is -0.0551. The third-order valence-electron chi connectivity index (χ3n) is 2.86. The van der Waals surface area contributed by atoms with Crippen LogP contribution >= 0.6 is 0 Å². The van der Waals surface area contributed by atoms with Crippen molar-refractivity contribution in [2.45, 2.75) is 45.2 Å². The van der Waals surface area contributed by atoms with Crippen molar-refractivity contribution in [2.24, 2.45) is 0 Å². The van der Waals surface area contributed by atoms with Crippen molar-refractivity contribution in [3.05, 3.63) is 0 Å². The van der Waals surface area contributed by atoms with Crippen LogP contribution in [0.4, 0.5) is 0 Å². The molecule has 1 aliphatic heterocycles. The molecule has 0 N–H and O–H groups in total. The molecule has 0 unspecified atom stereocenters. The first-order valence-electron chi connectivity index (χ1n) is 4.73. The Kier molecular flexibility index (Phi) is 3.05. The summed E-state index contributed by atoms with van der Waals surface area (Å²) in [6.45, 7) is 8.90. The summed E-state index contributed by atoms with van der Waals surface area (Å²) >= 11 is 0. The van der Waals surface area contributed by atoms with Crippen molar-refractivity contribution in [1.29, 1.82) is 0 Å². The summed E-state index contributed by atoms with van der Waals surface area (Å²) in [5.74, 6) is 0. The first-order valence-corrected chi connectivity index (χ1v) is 4.73. The highest BCUT2D eigenvalue weighted by atomic mass is 16.7. The van der Waals surface area contributed by atoms with Gasteiger partial charge in [0.05, 0.1) is 11.2 Å². The van der Waals surface area contributed by atoms with Gasteiger partial charge in [-0.1, -0.05) is 0 Å². The molecule has 0 aromatic carbocycles. The van der Waals surface area contributed by atoms with Crippen LogP contribution in [-0.2, 0) is 14.0 Å². The largest absolute Gasteiger partial charge is 0.460 e. The van der Waals surface area contributed by atoms with Crippen molar-refractivity contribution >= 4 is 7.12 Å². The molecule has 1 heterocycles. The minimum absolute atomic E-state index is 0.120. The van der Waals surface area contributed by atoms with Crippen LogP contribution in [0, 0.1) is 0 Å². The lowest BCUT2D eigenvalue weighted by atomic mass is 9.86. The van der Waals surface area contributed by atoms with Gasteiger partial charge in [-0.15, -0.1) is 0 Å². The van der Waals surface area contributed by atoms with Crippen molar-refractivity contribution in [1.82, 2.24) is 0 Å². The summed E-state index contributed by atoms with van der Waals surface area (Å²) < 4.78 is 16.5. The summed E-state index contributed by atoms with van der Waals surface area (Å²) in [5, 5.41) is 0. The first-order chi connectivity index (χ1) is 5.89. The van der Waals surface area contributed by atoms with Gasteiger partial charge in [0.25, 0.3) is 0 Å². The fourth-order valence-corrected chi connectivity index (χ4v) is 1.30. The Labute approximate surface area is 80.9 Å². The molecule has 0 spiro atoms. The van der Waals surface area contributed by atoms with Gasteiger partial charge in [-0.3, -0.25) is 0 Å². The van der Waals surface area contributed by atoms with Crippen LogP contribution in [-0.4, -0.2) is 32.0 Å². The van der Waals surface area contributed by atoms with E-state index in [-0.39, 0.29) is 18.3 Å². The molecule has 0 bridgehead atoms. The predicted molar refractivity (Wildman–Crippen MR) is 52.8 cm³/mol. The minimum atomic E-state index is -0.217. The molecule has 13 heavy (non-hydrogen) atoms. The molecule has 0 saturated carbocycles. The Morgan fingerprint density at radius 3 is 1.92 bits per heavy atom. The Balaban J connectivity index is 2.50. The number of methoxy groups -OCH3 is 1. The summed E-state index contributed by atoms with van der Waals surface area (Å²) in [7, 11) is 1.57. The molecule has 0 aliphatic carbocycles. The van der Waals surface area contributed by atoms with Gasteiger partial charge < -0.3 is 14.0 Å². The van der Waals surface area contributed by atoms with Gasteiger partial charge in [-0.25, -0.2) is 0 Å². The van der Waals surface area contributed by atoms with Gasteiger partial charge in [0, 0.05) is 20.0 Å². The zero-order valence-electron chi connectivity index (χ0n) is 9.22. The SMILES string of the molecule is COCCB1OC(C)(C)C(C)(C)O1. The smallest absolute Gasteiger partial charge is 0.403 e. The quantitative estimate of drug-likeness (QED) is 0.628. The van der Waals surface area contributed by atoms with E-state index in [1.54, 1.807) is 7.11 Å². The average Bonchev–Trinajstić information content (AvgIpc) is 2.17. The average molecular weight is 186 g/mol. The van der Waals surface area contributed by atoms with Gasteiger partial charge >= 0.3 is 7.12 Å². The molecule has 1 fully saturated rings. The number of hydrogen-bond acceptors (Lipinski definition) is 3. The van der Waals surface area contributed by atoms with Crippen LogP contribution in [0.5, 0.6) is 0 Å². The molecule has 3 nitrogen and oxygen atoms in total. The van der Waals surface area contributed by atoms with Gasteiger partial charge in [0.15, 0.2) is 0 Å². The summed E-state index contributed by atoms with van der Waals surface area (Å²) in [6.07, 6.45) is 0.795. The van der Waals surface area contributed by atoms with Crippen LogP contribution in [0.3, 0.4) is 0 Å². The second kappa shape index (κ2) is 3.60. The molecule has 1 aliphatic rings. The second-order valence-electron chi connectivity index (χ2n) is 4.47. The second-order valence-corrected chi connectivity index (χ2v) is 4.47. The van der Waals surface area contributed by atoms with Crippen LogP contribution in [0.25, 0.3) is 0 Å². The van der Waals surface area contributed by atoms with E-state index in [0.717, 1.165) is 6.32 Å². The molecular weight excluding hydrogens is 167 g/mol. The zero-order valence-corrected chi connectivity index (χ0v) is 9.22. The van der Waals surface area contributed by atoms with Gasteiger partial charge in [-0.05, 0) is 27.7 Å². The maximum Gasteiger partial charge on any atom is 0.460 e. The maximum atomic E-state index is 5.76. The standard InChI is InChI=1S/C9H19BO3/c1-8(2)9(3,4)13-10(12-8)6-7-11-5/h6-7H2,1-5H3. The van der Waals surface area contributed by atoms with E-state index >= 15 is 0 Å². The summed E-state index contributed by atoms with van der Waals surface area (Å²) in [4.78, 5) is 0. The number of ether oxygens (including phenoxy) is 1. The molecule has 0 radical (unpaired) electrons. The van der Waals surface area contributed by atoms with Crippen molar-refractivity contribution in [3.63, 3.8) is 0 Å². The lowest BCUT2D eigenvalue weighted by molar-refractivity contribution is 0.00578. The molecule has 0 aromatic heterocycles. The van der Waals surface area contributed by atoms with Crippen LogP contribution in [0.2, 0.25) is 6.32 Å². The van der Waals surface area contributed by atoms with Crippen LogP contribution in [0.1, 0.15) is 27.7 Å². The highest BCUT2D eigenvalue weighted by Crippen LogP contribution is 2.37. The van der Waals surface area contributed by atoms with Gasteiger partial charge in [0.1, 0.15) is 0 Å². The van der Waals surface area contributed by atoms with Gasteiger partial charge in [-0.2, -0.15) is 0 Å². The molecule has 0 atom stereocenters. The molecule has 0 aromatic rings. The maximum absolute atomic E-state index is 5.76. The van der Waals surface area contributed by atoms with Crippen LogP contribution < -0.4 is 0 Å². The third kappa shape index (κ3) is 2.24. The van der Waals surface area contributed by atoms with Crippen LogP contribution in [0.15, 0.2) is 0 Å². The normalized spacial score (nSPS) is 25.2. The topological polar surface area (TPSA) is 27.7 Å². The van der Waals surface area contributed by atoms with E-state index in [0.29, 0.717) is 6.61 Å². The van der Waals surface area contributed by atoms with E-state index in [4.69, 9.17) is 14.0 Å². The van der Waals surface area contributed by atoms with Crippen molar-refractivity contribution in [3.8, 4) is 0 Å². The molecule has 4 heteroatoms. The van der Waals surface area contributed by atoms with Gasteiger partial charge in [0.2, 0.25) is 0 Å². The highest BCUT2D eigenvalue weighted by Gasteiger charge is 2.50. The summed E-state index contributed by atoms with van der Waals surface area (Å²) in [6, 6.07) is 0. The van der Waals surface area contributed by atoms with E-state index in [1.807, 2.05) is 0 Å². The highest BCUT2D eigenvalue weighted by molar-refractivity contribution is 6.45. The van der Waals surface area contributed by atoms with E-state index < -0.39 is 0 Å². The zero-order chi connectivity index (χ0) is 10.1. The summed E-state index contributed by atoms with van der Waals surface area (Å²) in [5.41, 5.74) is -0.434. The van der Waals surface area contributed by atoms with Crippen molar-refractivity contribution in [2.75, 3.05) is 13.7 Å². The minimum Gasteiger partial charge on any atom is -0.403 e. The number of rotatable bonds is 3. The van der Waals surface area contributed by atoms with E-state index in [9.17, 15) is 0 Å². The fraction of sp³-hybridized carbons (Fsp3) is 1.00. The first kappa shape index (κ1) is 11.0. The third-order valence-corrected chi connectivity index (χ3v) is 2.86.